The van der Waals surface area contributed by atoms with Crippen LogP contribution >= 0.6 is 15.9 Å². The first-order chi connectivity index (χ1) is 11.9. The molecule has 0 fully saturated rings. The number of halogens is 2. The van der Waals surface area contributed by atoms with E-state index in [1.165, 1.54) is 17.0 Å². The first-order valence-electron chi connectivity index (χ1n) is 7.90. The normalized spacial score (nSPS) is 11.7. The number of nitrogens with zero attached hydrogens (tertiary/aromatic N) is 1. The van der Waals surface area contributed by atoms with Crippen LogP contribution in [0.3, 0.4) is 0 Å². The molecule has 0 bridgehead atoms. The molecule has 1 atom stereocenters. The number of hydrogen-bond acceptors (Lipinski definition) is 2. The van der Waals surface area contributed by atoms with Gasteiger partial charge in [0, 0.05) is 18.1 Å². The highest BCUT2D eigenvalue weighted by atomic mass is 79.9. The number of rotatable bonds is 6. The van der Waals surface area contributed by atoms with Crippen LogP contribution in [-0.2, 0) is 22.6 Å². The maximum Gasteiger partial charge on any atom is 0.242 e. The summed E-state index contributed by atoms with van der Waals surface area (Å²) >= 11 is 3.38. The van der Waals surface area contributed by atoms with E-state index in [4.69, 9.17) is 0 Å². The smallest absolute Gasteiger partial charge is 0.242 e. The third-order valence-corrected chi connectivity index (χ3v) is 4.48. The molecule has 2 rings (SSSR count). The molecular formula is C19H20BrFN2O2. The minimum absolute atomic E-state index is 0.109. The van der Waals surface area contributed by atoms with Gasteiger partial charge >= 0.3 is 0 Å². The zero-order valence-corrected chi connectivity index (χ0v) is 15.7. The van der Waals surface area contributed by atoms with Gasteiger partial charge in [-0.1, -0.05) is 40.2 Å². The predicted molar refractivity (Wildman–Crippen MR) is 98.3 cm³/mol. The van der Waals surface area contributed by atoms with E-state index in [1.807, 2.05) is 24.3 Å². The second-order valence-corrected chi connectivity index (χ2v) is 6.66. The Morgan fingerprint density at radius 1 is 1.08 bits per heavy atom. The average molecular weight is 407 g/mol. The van der Waals surface area contributed by atoms with E-state index in [2.05, 4.69) is 21.2 Å². The van der Waals surface area contributed by atoms with Crippen LogP contribution in [0.2, 0.25) is 0 Å². The number of benzene rings is 2. The Balaban J connectivity index is 2.20. The number of likely N-dealkylation sites (N-methyl/N-ethyl adjacent to an activating group) is 1. The molecule has 0 saturated carbocycles. The molecular weight excluding hydrogens is 387 g/mol. The Hall–Kier alpha value is -2.21. The summed E-state index contributed by atoms with van der Waals surface area (Å²) in [5, 5.41) is 2.58. The van der Waals surface area contributed by atoms with Crippen molar-refractivity contribution in [3.63, 3.8) is 0 Å². The Morgan fingerprint density at radius 3 is 2.20 bits per heavy atom. The lowest BCUT2D eigenvalue weighted by Gasteiger charge is -2.28. The van der Waals surface area contributed by atoms with Gasteiger partial charge in [-0.15, -0.1) is 0 Å². The van der Waals surface area contributed by atoms with Crippen LogP contribution in [0.25, 0.3) is 0 Å². The molecule has 25 heavy (non-hydrogen) atoms. The van der Waals surface area contributed by atoms with Gasteiger partial charge in [0.25, 0.3) is 0 Å². The third-order valence-electron chi connectivity index (χ3n) is 3.95. The van der Waals surface area contributed by atoms with Crippen molar-refractivity contribution in [1.29, 1.82) is 0 Å². The Kier molecular flexibility index (Phi) is 6.70. The molecule has 0 aliphatic heterocycles. The Morgan fingerprint density at radius 2 is 1.64 bits per heavy atom. The van der Waals surface area contributed by atoms with E-state index in [0.29, 0.717) is 12.1 Å². The highest BCUT2D eigenvalue weighted by Gasteiger charge is 2.25. The van der Waals surface area contributed by atoms with Gasteiger partial charge in [0.1, 0.15) is 11.9 Å². The molecule has 2 aromatic rings. The van der Waals surface area contributed by atoms with E-state index in [9.17, 15) is 14.0 Å². The zero-order valence-electron chi connectivity index (χ0n) is 14.1. The second-order valence-electron chi connectivity index (χ2n) is 5.74. The zero-order chi connectivity index (χ0) is 18.4. The lowest BCUT2D eigenvalue weighted by Crippen LogP contribution is -2.47. The van der Waals surface area contributed by atoms with Gasteiger partial charge < -0.3 is 10.2 Å². The van der Waals surface area contributed by atoms with Crippen LogP contribution < -0.4 is 5.32 Å². The monoisotopic (exact) mass is 406 g/mol. The molecule has 4 nitrogen and oxygen atoms in total. The van der Waals surface area contributed by atoms with Gasteiger partial charge in [0.05, 0.1) is 6.42 Å². The van der Waals surface area contributed by atoms with Crippen LogP contribution in [0.15, 0.2) is 53.0 Å². The maximum absolute atomic E-state index is 13.0. The summed E-state index contributed by atoms with van der Waals surface area (Å²) in [6, 6.07) is 12.8. The van der Waals surface area contributed by atoms with Crippen LogP contribution in [0.5, 0.6) is 0 Å². The van der Waals surface area contributed by atoms with Crippen molar-refractivity contribution in [2.75, 3.05) is 7.05 Å². The molecule has 0 radical (unpaired) electrons. The summed E-state index contributed by atoms with van der Waals surface area (Å²) in [5.74, 6) is -0.767. The van der Waals surface area contributed by atoms with Gasteiger partial charge in [0.15, 0.2) is 0 Å². The van der Waals surface area contributed by atoms with E-state index in [1.54, 1.807) is 26.1 Å². The van der Waals surface area contributed by atoms with Crippen molar-refractivity contribution in [2.24, 2.45) is 0 Å². The van der Waals surface area contributed by atoms with Gasteiger partial charge in [-0.25, -0.2) is 4.39 Å². The third kappa shape index (κ3) is 5.39. The Bertz CT molecular complexity index is 732. The van der Waals surface area contributed by atoms with E-state index < -0.39 is 6.04 Å². The second kappa shape index (κ2) is 8.76. The lowest BCUT2D eigenvalue weighted by atomic mass is 10.1. The topological polar surface area (TPSA) is 49.4 Å². The quantitative estimate of drug-likeness (QED) is 0.799. The molecule has 0 aliphatic rings. The average Bonchev–Trinajstić information content (AvgIpc) is 2.61. The van der Waals surface area contributed by atoms with Gasteiger partial charge in [-0.3, -0.25) is 9.59 Å². The summed E-state index contributed by atoms with van der Waals surface area (Å²) in [5.41, 5.74) is 1.63. The van der Waals surface area contributed by atoms with Crippen molar-refractivity contribution >= 4 is 27.7 Å². The summed E-state index contributed by atoms with van der Waals surface area (Å²) in [6.45, 7) is 2.02. The molecule has 132 valence electrons. The fraction of sp³-hybridized carbons (Fsp3) is 0.263. The van der Waals surface area contributed by atoms with Gasteiger partial charge in [-0.05, 0) is 42.3 Å². The molecule has 0 aliphatic carbocycles. The molecule has 2 amide bonds. The Labute approximate surface area is 155 Å². The van der Waals surface area contributed by atoms with Crippen LogP contribution in [0.4, 0.5) is 4.39 Å². The SMILES string of the molecule is CNC(=O)[C@@H](C)N(Cc1ccc(Br)cc1)C(=O)Cc1ccc(F)cc1. The van der Waals surface area contributed by atoms with Crippen LogP contribution in [-0.4, -0.2) is 29.8 Å². The van der Waals surface area contributed by atoms with Crippen molar-refractivity contribution in [2.45, 2.75) is 25.9 Å². The maximum atomic E-state index is 13.0. The number of carbonyl (C=O) groups excluding carboxylic acids is 2. The van der Waals surface area contributed by atoms with Crippen molar-refractivity contribution in [1.82, 2.24) is 10.2 Å². The van der Waals surface area contributed by atoms with Crippen LogP contribution in [0.1, 0.15) is 18.1 Å². The summed E-state index contributed by atoms with van der Waals surface area (Å²) in [6.07, 6.45) is 0.109. The highest BCUT2D eigenvalue weighted by molar-refractivity contribution is 9.10. The van der Waals surface area contributed by atoms with E-state index in [0.717, 1.165) is 10.0 Å². The number of nitrogens with one attached hydrogen (secondary N) is 1. The first kappa shape index (κ1) is 19.1. The fourth-order valence-corrected chi connectivity index (χ4v) is 2.72. The van der Waals surface area contributed by atoms with Crippen molar-refractivity contribution in [3.8, 4) is 0 Å². The molecule has 0 saturated heterocycles. The molecule has 0 heterocycles. The predicted octanol–water partition coefficient (Wildman–Crippen LogP) is 3.29. The minimum atomic E-state index is -0.610. The summed E-state index contributed by atoms with van der Waals surface area (Å²) < 4.78 is 14.0. The molecule has 0 aromatic heterocycles. The minimum Gasteiger partial charge on any atom is -0.357 e. The van der Waals surface area contributed by atoms with Gasteiger partial charge in [-0.2, -0.15) is 0 Å². The largest absolute Gasteiger partial charge is 0.357 e. The molecule has 2 aromatic carbocycles. The first-order valence-corrected chi connectivity index (χ1v) is 8.70. The fourth-order valence-electron chi connectivity index (χ4n) is 2.46. The summed E-state index contributed by atoms with van der Waals surface area (Å²) in [4.78, 5) is 26.3. The highest BCUT2D eigenvalue weighted by Crippen LogP contribution is 2.15. The van der Waals surface area contributed by atoms with Gasteiger partial charge in [0.2, 0.25) is 11.8 Å². The van der Waals surface area contributed by atoms with E-state index in [-0.39, 0.29) is 24.1 Å². The number of hydrogen-bond donors (Lipinski definition) is 1. The molecule has 6 heteroatoms. The van der Waals surface area contributed by atoms with Crippen molar-refractivity contribution < 1.29 is 14.0 Å². The molecule has 1 N–H and O–H groups in total. The lowest BCUT2D eigenvalue weighted by molar-refractivity contribution is -0.139. The van der Waals surface area contributed by atoms with E-state index >= 15 is 0 Å². The van der Waals surface area contributed by atoms with Crippen molar-refractivity contribution in [3.05, 3.63) is 69.9 Å². The molecule has 0 unspecified atom stereocenters. The summed E-state index contributed by atoms with van der Waals surface area (Å²) in [7, 11) is 1.54. The molecule has 0 spiro atoms. The number of amides is 2. The van der Waals surface area contributed by atoms with Crippen LogP contribution in [0, 0.1) is 5.82 Å². The number of carbonyl (C=O) groups is 2. The standard InChI is InChI=1S/C19H20BrFN2O2/c1-13(19(25)22-2)23(12-15-3-7-16(20)8-4-15)18(24)11-14-5-9-17(21)10-6-14/h3-10,13H,11-12H2,1-2H3,(H,22,25)/t13-/m1/s1.